The summed E-state index contributed by atoms with van der Waals surface area (Å²) in [5.41, 5.74) is -3.97. The Morgan fingerprint density at radius 3 is 2.42 bits per heavy atom. The number of carbonyl (C=O) groups excluding carboxylic acids is 2. The largest absolute Gasteiger partial charge is 0.458 e. The van der Waals surface area contributed by atoms with Gasteiger partial charge in [-0.3, -0.25) is 4.79 Å². The summed E-state index contributed by atoms with van der Waals surface area (Å²) in [7, 11) is 0. The lowest BCUT2D eigenvalue weighted by Crippen LogP contribution is -2.57. The van der Waals surface area contributed by atoms with Crippen LogP contribution < -0.4 is 5.32 Å². The molecule has 4 aliphatic rings. The molecule has 1 N–H and O–H groups in total. The number of carbonyl (C=O) groups is 2. The van der Waals surface area contributed by atoms with E-state index < -0.39 is 41.0 Å². The van der Waals surface area contributed by atoms with E-state index in [0.717, 1.165) is 12.8 Å². The molecule has 38 heavy (non-hydrogen) atoms. The second-order valence-electron chi connectivity index (χ2n) is 12.2. The number of ether oxygens (including phenoxy) is 1. The van der Waals surface area contributed by atoms with Gasteiger partial charge in [-0.15, -0.1) is 0 Å². The van der Waals surface area contributed by atoms with Crippen molar-refractivity contribution in [2.75, 3.05) is 5.32 Å². The zero-order valence-corrected chi connectivity index (χ0v) is 21.4. The Kier molecular flexibility index (Phi) is 6.23. The Morgan fingerprint density at radius 1 is 1.05 bits per heavy atom. The summed E-state index contributed by atoms with van der Waals surface area (Å²) < 4.78 is 86.0. The van der Waals surface area contributed by atoms with Gasteiger partial charge in [0, 0.05) is 17.4 Å². The summed E-state index contributed by atoms with van der Waals surface area (Å²) in [6, 6.07) is 1.10. The predicted molar refractivity (Wildman–Crippen MR) is 127 cm³/mol. The van der Waals surface area contributed by atoms with Crippen LogP contribution in [0.5, 0.6) is 0 Å². The summed E-state index contributed by atoms with van der Waals surface area (Å²) in [5, 5.41) is 2.21. The topological polar surface area (TPSA) is 55.4 Å². The minimum atomic E-state index is -4.92. The highest BCUT2D eigenvalue weighted by atomic mass is 19.4. The summed E-state index contributed by atoms with van der Waals surface area (Å²) >= 11 is 0. The van der Waals surface area contributed by atoms with E-state index in [4.69, 9.17) is 4.74 Å². The molecule has 4 nitrogen and oxygen atoms in total. The van der Waals surface area contributed by atoms with Gasteiger partial charge >= 0.3 is 18.3 Å². The quantitative estimate of drug-likeness (QED) is 0.316. The van der Waals surface area contributed by atoms with Gasteiger partial charge < -0.3 is 10.1 Å². The number of hydrogen-bond acceptors (Lipinski definition) is 3. The molecule has 0 bridgehead atoms. The molecule has 3 aliphatic carbocycles. The molecule has 1 aromatic rings. The van der Waals surface area contributed by atoms with Gasteiger partial charge in [-0.05, 0) is 79.4 Å². The fourth-order valence-corrected chi connectivity index (χ4v) is 8.10. The van der Waals surface area contributed by atoms with Crippen molar-refractivity contribution in [3.8, 4) is 0 Å². The van der Waals surface area contributed by atoms with Crippen molar-refractivity contribution in [3.63, 3.8) is 0 Å². The molecule has 10 heteroatoms. The van der Waals surface area contributed by atoms with Crippen molar-refractivity contribution < 1.29 is 40.7 Å². The molecule has 3 unspecified atom stereocenters. The lowest BCUT2D eigenvalue weighted by molar-refractivity contribution is -0.173. The molecular weight excluding hydrogens is 512 g/mol. The van der Waals surface area contributed by atoms with E-state index in [0.29, 0.717) is 37.5 Å². The number of amides is 1. The first-order valence-corrected chi connectivity index (χ1v) is 13.0. The van der Waals surface area contributed by atoms with Crippen LogP contribution in [0.25, 0.3) is 0 Å². The number of halogens is 6. The lowest BCUT2D eigenvalue weighted by Gasteiger charge is -2.59. The number of hydrogen-bond donors (Lipinski definition) is 1. The Morgan fingerprint density at radius 2 is 1.76 bits per heavy atom. The Labute approximate surface area is 217 Å². The number of esters is 1. The molecular formula is C28H31F6NO3. The molecule has 0 spiro atoms. The molecule has 3 saturated carbocycles. The number of nitrogens with one attached hydrogen (secondary N) is 1. The third-order valence-electron chi connectivity index (χ3n) is 9.96. The fourth-order valence-electron chi connectivity index (χ4n) is 8.10. The average molecular weight is 544 g/mol. The van der Waals surface area contributed by atoms with Crippen LogP contribution in [0, 0.1) is 40.4 Å². The second kappa shape index (κ2) is 8.74. The van der Waals surface area contributed by atoms with Gasteiger partial charge in [-0.25, -0.2) is 4.79 Å². The van der Waals surface area contributed by atoms with Gasteiger partial charge in [0.05, 0.1) is 16.8 Å². The summed E-state index contributed by atoms with van der Waals surface area (Å²) in [5.74, 6) is -0.847. The Hall–Kier alpha value is -2.52. The molecule has 1 aromatic carbocycles. The lowest BCUT2D eigenvalue weighted by atomic mass is 9.47. The third kappa shape index (κ3) is 4.41. The van der Waals surface area contributed by atoms with E-state index in [1.165, 1.54) is 6.08 Å². The van der Waals surface area contributed by atoms with E-state index in [-0.39, 0.29) is 46.6 Å². The van der Waals surface area contributed by atoms with Crippen molar-refractivity contribution in [2.24, 2.45) is 40.4 Å². The second-order valence-corrected chi connectivity index (χ2v) is 12.2. The van der Waals surface area contributed by atoms with Gasteiger partial charge in [-0.2, -0.15) is 26.3 Å². The number of fused-ring (bicyclic) bond motifs is 5. The molecule has 0 radical (unpaired) electrons. The number of benzene rings is 1. The first-order chi connectivity index (χ1) is 17.5. The molecule has 1 aliphatic heterocycles. The zero-order chi connectivity index (χ0) is 27.8. The van der Waals surface area contributed by atoms with Crippen LogP contribution in [0.15, 0.2) is 30.4 Å². The highest BCUT2D eigenvalue weighted by Gasteiger charge is 2.61. The first-order valence-electron chi connectivity index (χ1n) is 13.0. The predicted octanol–water partition coefficient (Wildman–Crippen LogP) is 7.25. The Bertz CT molecular complexity index is 1180. The van der Waals surface area contributed by atoms with Crippen LogP contribution >= 0.6 is 0 Å². The molecule has 1 heterocycles. The smallest absolute Gasteiger partial charge is 0.418 e. The Balaban J connectivity index is 1.40. The van der Waals surface area contributed by atoms with E-state index in [2.05, 4.69) is 26.1 Å². The maximum Gasteiger partial charge on any atom is 0.418 e. The van der Waals surface area contributed by atoms with Crippen molar-refractivity contribution in [1.82, 2.24) is 0 Å². The van der Waals surface area contributed by atoms with Gasteiger partial charge in [0.15, 0.2) is 0 Å². The van der Waals surface area contributed by atoms with Crippen LogP contribution in [0.4, 0.5) is 32.0 Å². The van der Waals surface area contributed by atoms with Gasteiger partial charge in [-0.1, -0.05) is 26.8 Å². The molecule has 3 fully saturated rings. The highest BCUT2D eigenvalue weighted by molar-refractivity contribution is 5.93. The van der Waals surface area contributed by atoms with E-state index >= 15 is 0 Å². The summed E-state index contributed by atoms with van der Waals surface area (Å²) in [6.07, 6.45) is -3.25. The maximum absolute atomic E-state index is 13.6. The minimum Gasteiger partial charge on any atom is -0.458 e. The molecule has 1 amide bonds. The van der Waals surface area contributed by atoms with E-state index in [1.54, 1.807) is 0 Å². The van der Waals surface area contributed by atoms with Crippen LogP contribution in [0.2, 0.25) is 0 Å². The number of rotatable bonds is 2. The molecule has 5 rings (SSSR count). The van der Waals surface area contributed by atoms with Crippen molar-refractivity contribution in [3.05, 3.63) is 41.5 Å². The summed E-state index contributed by atoms with van der Waals surface area (Å²) in [6.45, 7) is 6.35. The number of alkyl halides is 6. The van der Waals surface area contributed by atoms with Crippen molar-refractivity contribution in [1.29, 1.82) is 0 Å². The first kappa shape index (κ1) is 27.1. The molecule has 8 atom stereocenters. The summed E-state index contributed by atoms with van der Waals surface area (Å²) in [4.78, 5) is 25.2. The van der Waals surface area contributed by atoms with Crippen molar-refractivity contribution >= 4 is 17.6 Å². The number of anilines is 1. The normalized spacial score (nSPS) is 38.6. The van der Waals surface area contributed by atoms with Gasteiger partial charge in [0.25, 0.3) is 0 Å². The molecule has 0 aromatic heterocycles. The fraction of sp³-hybridized carbons (Fsp3) is 0.643. The van der Waals surface area contributed by atoms with Crippen LogP contribution in [0.3, 0.4) is 0 Å². The molecule has 208 valence electrons. The molecule has 0 saturated heterocycles. The van der Waals surface area contributed by atoms with Gasteiger partial charge in [0.1, 0.15) is 6.10 Å². The monoisotopic (exact) mass is 543 g/mol. The third-order valence-corrected chi connectivity index (χ3v) is 9.96. The van der Waals surface area contributed by atoms with Crippen LogP contribution in [0.1, 0.15) is 64.0 Å². The SMILES string of the molecule is CC1CC2OC(=O)C=C[C@]2(C)[C@@H]2CC[C@]3(C)CC(C(=O)Nc4cc(C(F)(F)F)ccc4C(F)(F)F)C[C@H]3[C@H]12. The van der Waals surface area contributed by atoms with E-state index in [1.807, 2.05) is 6.08 Å². The van der Waals surface area contributed by atoms with Crippen LogP contribution in [-0.2, 0) is 26.7 Å². The van der Waals surface area contributed by atoms with E-state index in [9.17, 15) is 35.9 Å². The average Bonchev–Trinajstić information content (AvgIpc) is 3.17. The zero-order valence-electron chi connectivity index (χ0n) is 21.4. The van der Waals surface area contributed by atoms with Gasteiger partial charge in [0.2, 0.25) is 5.91 Å². The highest BCUT2D eigenvalue weighted by Crippen LogP contribution is 2.66. The maximum atomic E-state index is 13.6. The minimum absolute atomic E-state index is 0.124. The van der Waals surface area contributed by atoms with Crippen LogP contribution in [-0.4, -0.2) is 18.0 Å². The standard InChI is InChI=1S/C28H31F6NO3/c1-14-10-21-26(3,9-7-22(36)38-21)18-6-8-25(2)13-15(11-19(25)23(14)18)24(37)35-20-12-16(27(29,30)31)4-5-17(20)28(32,33)34/h4-5,7,9,12,14-15,18-19,21,23H,6,8,10-11,13H2,1-3H3,(H,35,37)/t14?,15?,18-,19+,21?,23-,25-,26-/m1/s1. The van der Waals surface area contributed by atoms with Crippen molar-refractivity contribution in [2.45, 2.75) is 71.3 Å².